The van der Waals surface area contributed by atoms with E-state index in [0.717, 1.165) is 11.8 Å². The molecule has 1 aromatic rings. The summed E-state index contributed by atoms with van der Waals surface area (Å²) in [5, 5.41) is 0. The molecule has 0 spiro atoms. The van der Waals surface area contributed by atoms with E-state index < -0.39 is 10.1 Å². The van der Waals surface area contributed by atoms with Crippen molar-refractivity contribution in [1.29, 1.82) is 0 Å². The van der Waals surface area contributed by atoms with Gasteiger partial charge in [-0.3, -0.25) is 8.98 Å². The van der Waals surface area contributed by atoms with Gasteiger partial charge in [0.1, 0.15) is 6.61 Å². The first-order valence-electron chi connectivity index (χ1n) is 4.93. The van der Waals surface area contributed by atoms with Crippen molar-refractivity contribution in [1.82, 2.24) is 0 Å². The van der Waals surface area contributed by atoms with E-state index >= 15 is 0 Å². The molecule has 0 amide bonds. The Kier molecular flexibility index (Phi) is 4.65. The predicted octanol–water partition coefficient (Wildman–Crippen LogP) is 1.23. The molecule has 0 saturated heterocycles. The highest BCUT2D eigenvalue weighted by atomic mass is 32.2. The van der Waals surface area contributed by atoms with Crippen molar-refractivity contribution in [3.63, 3.8) is 0 Å². The second-order valence-electron chi connectivity index (χ2n) is 3.52. The van der Waals surface area contributed by atoms with Crippen molar-refractivity contribution < 1.29 is 22.1 Å². The summed E-state index contributed by atoms with van der Waals surface area (Å²) in [6.07, 6.45) is 0.988. The van der Waals surface area contributed by atoms with E-state index in [1.165, 1.54) is 6.92 Å². The van der Waals surface area contributed by atoms with Gasteiger partial charge in [0.2, 0.25) is 0 Å². The van der Waals surface area contributed by atoms with Crippen molar-refractivity contribution in [2.24, 2.45) is 0 Å². The maximum absolute atomic E-state index is 10.9. The molecule has 0 aromatic heterocycles. The summed E-state index contributed by atoms with van der Waals surface area (Å²) < 4.78 is 31.3. The fourth-order valence-corrected chi connectivity index (χ4v) is 1.53. The van der Waals surface area contributed by atoms with Crippen LogP contribution < -0.4 is 0 Å². The summed E-state index contributed by atoms with van der Waals surface area (Å²) in [6.45, 7) is 1.37. The molecule has 1 aromatic carbocycles. The van der Waals surface area contributed by atoms with Crippen LogP contribution in [0.15, 0.2) is 24.3 Å². The predicted molar refractivity (Wildman–Crippen MR) is 61.5 cm³/mol. The quantitative estimate of drug-likeness (QED) is 0.587. The molecule has 0 heterocycles. The summed E-state index contributed by atoms with van der Waals surface area (Å²) in [5.41, 5.74) is 1.41. The van der Waals surface area contributed by atoms with Crippen LogP contribution in [-0.2, 0) is 37.0 Å². The van der Waals surface area contributed by atoms with Gasteiger partial charge in [0.05, 0.1) is 12.9 Å². The largest absolute Gasteiger partial charge is 0.461 e. The lowest BCUT2D eigenvalue weighted by Crippen LogP contribution is -2.06. The Labute approximate surface area is 100 Å². The van der Waals surface area contributed by atoms with Crippen LogP contribution in [0.1, 0.15) is 18.1 Å². The molecule has 94 valence electrons. The minimum Gasteiger partial charge on any atom is -0.461 e. The SMILES string of the molecule is CC(=O)OCc1ccccc1COS(C)(=O)=O. The molecule has 17 heavy (non-hydrogen) atoms. The van der Waals surface area contributed by atoms with Gasteiger partial charge in [0.15, 0.2) is 0 Å². The number of hydrogen-bond donors (Lipinski definition) is 0. The zero-order valence-electron chi connectivity index (χ0n) is 9.67. The number of hydrogen-bond acceptors (Lipinski definition) is 5. The van der Waals surface area contributed by atoms with Crippen LogP contribution in [0.25, 0.3) is 0 Å². The Morgan fingerprint density at radius 2 is 1.71 bits per heavy atom. The first-order chi connectivity index (χ1) is 7.88. The summed E-state index contributed by atoms with van der Waals surface area (Å²) >= 11 is 0. The van der Waals surface area contributed by atoms with Gasteiger partial charge in [0.25, 0.3) is 10.1 Å². The molecule has 0 unspecified atom stereocenters. The standard InChI is InChI=1S/C11H14O5S/c1-9(12)15-7-10-5-3-4-6-11(10)8-16-17(2,13)14/h3-6H,7-8H2,1-2H3. The lowest BCUT2D eigenvalue weighted by molar-refractivity contribution is -0.142. The van der Waals surface area contributed by atoms with Gasteiger partial charge in [-0.1, -0.05) is 24.3 Å². The van der Waals surface area contributed by atoms with E-state index in [1.807, 2.05) is 0 Å². The number of ether oxygens (including phenoxy) is 1. The molecule has 5 nitrogen and oxygen atoms in total. The van der Waals surface area contributed by atoms with Gasteiger partial charge in [-0.05, 0) is 11.1 Å². The van der Waals surface area contributed by atoms with Gasteiger partial charge in [-0.15, -0.1) is 0 Å². The Balaban J connectivity index is 2.74. The highest BCUT2D eigenvalue weighted by Crippen LogP contribution is 2.12. The average Bonchev–Trinajstić information content (AvgIpc) is 2.23. The van der Waals surface area contributed by atoms with Crippen LogP contribution in [0.2, 0.25) is 0 Å². The Morgan fingerprint density at radius 1 is 1.18 bits per heavy atom. The van der Waals surface area contributed by atoms with Crippen LogP contribution in [0.4, 0.5) is 0 Å². The van der Waals surface area contributed by atoms with Crippen LogP contribution in [0, 0.1) is 0 Å². The maximum Gasteiger partial charge on any atom is 0.302 e. The summed E-state index contributed by atoms with van der Waals surface area (Å²) in [4.78, 5) is 10.7. The monoisotopic (exact) mass is 258 g/mol. The van der Waals surface area contributed by atoms with Gasteiger partial charge in [-0.25, -0.2) is 0 Å². The highest BCUT2D eigenvalue weighted by molar-refractivity contribution is 7.85. The minimum atomic E-state index is -3.48. The Bertz CT molecular complexity index is 492. The second kappa shape index (κ2) is 5.79. The molecular formula is C11H14O5S. The smallest absolute Gasteiger partial charge is 0.302 e. The van der Waals surface area contributed by atoms with E-state index in [1.54, 1.807) is 24.3 Å². The van der Waals surface area contributed by atoms with Gasteiger partial charge >= 0.3 is 5.97 Å². The molecule has 0 fully saturated rings. The van der Waals surface area contributed by atoms with Crippen molar-refractivity contribution in [3.8, 4) is 0 Å². The molecular weight excluding hydrogens is 244 g/mol. The summed E-state index contributed by atoms with van der Waals surface area (Å²) in [5.74, 6) is -0.385. The van der Waals surface area contributed by atoms with E-state index in [0.29, 0.717) is 5.56 Å². The van der Waals surface area contributed by atoms with Crippen LogP contribution in [-0.4, -0.2) is 20.6 Å². The van der Waals surface area contributed by atoms with Crippen molar-refractivity contribution in [2.45, 2.75) is 20.1 Å². The number of benzene rings is 1. The number of carbonyl (C=O) groups is 1. The zero-order valence-corrected chi connectivity index (χ0v) is 10.5. The van der Waals surface area contributed by atoms with Crippen molar-refractivity contribution in [2.75, 3.05) is 6.26 Å². The lowest BCUT2D eigenvalue weighted by atomic mass is 10.1. The molecule has 1 rings (SSSR count). The fraction of sp³-hybridized carbons (Fsp3) is 0.364. The molecule has 0 atom stereocenters. The molecule has 0 N–H and O–H groups in total. The maximum atomic E-state index is 10.9. The van der Waals surface area contributed by atoms with Gasteiger partial charge in [-0.2, -0.15) is 8.42 Å². The lowest BCUT2D eigenvalue weighted by Gasteiger charge is -2.08. The summed E-state index contributed by atoms with van der Waals surface area (Å²) in [6, 6.07) is 7.02. The van der Waals surface area contributed by atoms with E-state index in [2.05, 4.69) is 0 Å². The second-order valence-corrected chi connectivity index (χ2v) is 5.16. The van der Waals surface area contributed by atoms with E-state index in [-0.39, 0.29) is 19.2 Å². The first-order valence-corrected chi connectivity index (χ1v) is 6.74. The number of rotatable bonds is 5. The zero-order chi connectivity index (χ0) is 12.9. The molecule has 0 aliphatic heterocycles. The van der Waals surface area contributed by atoms with Crippen molar-refractivity contribution in [3.05, 3.63) is 35.4 Å². The van der Waals surface area contributed by atoms with Crippen LogP contribution in [0.5, 0.6) is 0 Å². The molecule has 6 heteroatoms. The molecule has 0 saturated carbocycles. The third-order valence-electron chi connectivity index (χ3n) is 1.98. The number of esters is 1. The Hall–Kier alpha value is -1.40. The fourth-order valence-electron chi connectivity index (χ4n) is 1.19. The topological polar surface area (TPSA) is 69.7 Å². The minimum absolute atomic E-state index is 0.0593. The molecule has 0 aliphatic rings. The van der Waals surface area contributed by atoms with E-state index in [9.17, 15) is 13.2 Å². The molecule has 0 bridgehead atoms. The van der Waals surface area contributed by atoms with E-state index in [4.69, 9.17) is 8.92 Å². The van der Waals surface area contributed by atoms with Gasteiger partial charge in [0, 0.05) is 6.92 Å². The third kappa shape index (κ3) is 5.46. The average molecular weight is 258 g/mol. The third-order valence-corrected chi connectivity index (χ3v) is 2.52. The first kappa shape index (κ1) is 13.7. The van der Waals surface area contributed by atoms with Crippen LogP contribution >= 0.6 is 0 Å². The molecule has 0 radical (unpaired) electrons. The Morgan fingerprint density at radius 3 is 2.18 bits per heavy atom. The summed E-state index contributed by atoms with van der Waals surface area (Å²) in [7, 11) is -3.48. The van der Waals surface area contributed by atoms with Crippen LogP contribution in [0.3, 0.4) is 0 Å². The van der Waals surface area contributed by atoms with Crippen molar-refractivity contribution >= 4 is 16.1 Å². The molecule has 0 aliphatic carbocycles. The highest BCUT2D eigenvalue weighted by Gasteiger charge is 2.07. The number of carbonyl (C=O) groups excluding carboxylic acids is 1. The van der Waals surface area contributed by atoms with Gasteiger partial charge < -0.3 is 4.74 Å². The normalized spacial score (nSPS) is 11.2.